The number of nitrogens with zero attached hydrogens (tertiary/aromatic N) is 1. The lowest BCUT2D eigenvalue weighted by Crippen LogP contribution is -2.06. The molecule has 0 aliphatic rings. The van der Waals surface area contributed by atoms with Crippen molar-refractivity contribution in [3.05, 3.63) is 53.1 Å². The fourth-order valence-corrected chi connectivity index (χ4v) is 2.08. The first-order valence-electron chi connectivity index (χ1n) is 6.07. The molecule has 0 aliphatic carbocycles. The van der Waals surface area contributed by atoms with Gasteiger partial charge in [-0.1, -0.05) is 35.9 Å². The highest BCUT2D eigenvalue weighted by molar-refractivity contribution is 6.33. The Morgan fingerprint density at radius 1 is 1.16 bits per heavy atom. The summed E-state index contributed by atoms with van der Waals surface area (Å²) in [5.41, 5.74) is 2.35. The minimum atomic E-state index is 0.0401. The second-order valence-electron chi connectivity index (χ2n) is 4.47. The molecule has 0 N–H and O–H groups in total. The van der Waals surface area contributed by atoms with Crippen molar-refractivity contribution >= 4 is 11.6 Å². The molecule has 0 saturated heterocycles. The van der Waals surface area contributed by atoms with Crippen LogP contribution in [-0.2, 0) is 0 Å². The lowest BCUT2D eigenvalue weighted by molar-refractivity contribution is 0.242. The summed E-state index contributed by atoms with van der Waals surface area (Å²) >= 11 is 6.16. The Kier molecular flexibility index (Phi) is 4.09. The van der Waals surface area contributed by atoms with Gasteiger partial charge in [-0.15, -0.1) is 0 Å². The van der Waals surface area contributed by atoms with Crippen LogP contribution in [0.25, 0.3) is 11.1 Å². The number of rotatable bonds is 3. The van der Waals surface area contributed by atoms with Crippen LogP contribution in [0, 0.1) is 11.3 Å². The van der Waals surface area contributed by atoms with E-state index >= 15 is 0 Å². The summed E-state index contributed by atoms with van der Waals surface area (Å²) in [6.45, 7) is 3.87. The predicted molar refractivity (Wildman–Crippen MR) is 77.4 cm³/mol. The maximum atomic E-state index is 9.21. The average Bonchev–Trinajstić information content (AvgIpc) is 2.39. The molecule has 19 heavy (non-hydrogen) atoms. The third-order valence-corrected chi connectivity index (χ3v) is 2.98. The second kappa shape index (κ2) is 5.77. The van der Waals surface area contributed by atoms with E-state index in [9.17, 15) is 5.26 Å². The molecule has 0 aromatic heterocycles. The van der Waals surface area contributed by atoms with Crippen LogP contribution in [0.3, 0.4) is 0 Å². The van der Waals surface area contributed by atoms with Gasteiger partial charge in [0.05, 0.1) is 11.7 Å². The van der Waals surface area contributed by atoms with Gasteiger partial charge in [-0.2, -0.15) is 5.26 Å². The van der Waals surface area contributed by atoms with Gasteiger partial charge in [0.25, 0.3) is 0 Å². The summed E-state index contributed by atoms with van der Waals surface area (Å²) in [4.78, 5) is 0. The van der Waals surface area contributed by atoms with Crippen LogP contribution in [0.1, 0.15) is 19.4 Å². The van der Waals surface area contributed by atoms with Crippen LogP contribution < -0.4 is 4.74 Å². The maximum Gasteiger partial charge on any atom is 0.137 e. The molecule has 0 atom stereocenters. The van der Waals surface area contributed by atoms with Crippen LogP contribution in [0.15, 0.2) is 42.5 Å². The SMILES string of the molecule is CC(C)Oc1ccc(-c2ccccc2Cl)cc1C#N. The first-order chi connectivity index (χ1) is 9.11. The molecule has 2 aromatic rings. The van der Waals surface area contributed by atoms with Crippen molar-refractivity contribution in [2.45, 2.75) is 20.0 Å². The summed E-state index contributed by atoms with van der Waals surface area (Å²) in [6, 6.07) is 15.3. The van der Waals surface area contributed by atoms with Crippen LogP contribution in [0.2, 0.25) is 5.02 Å². The van der Waals surface area contributed by atoms with Crippen LogP contribution >= 0.6 is 11.6 Å². The van der Waals surface area contributed by atoms with E-state index in [0.29, 0.717) is 16.3 Å². The van der Waals surface area contributed by atoms with E-state index in [1.54, 1.807) is 6.07 Å². The molecule has 2 rings (SSSR count). The molecule has 0 bridgehead atoms. The van der Waals surface area contributed by atoms with Gasteiger partial charge in [0.2, 0.25) is 0 Å². The summed E-state index contributed by atoms with van der Waals surface area (Å²) in [5, 5.41) is 9.88. The smallest absolute Gasteiger partial charge is 0.137 e. The lowest BCUT2D eigenvalue weighted by atomic mass is 10.0. The van der Waals surface area contributed by atoms with Crippen molar-refractivity contribution in [1.29, 1.82) is 5.26 Å². The molecule has 2 nitrogen and oxygen atoms in total. The Balaban J connectivity index is 2.46. The van der Waals surface area contributed by atoms with Gasteiger partial charge in [-0.05, 0) is 37.6 Å². The van der Waals surface area contributed by atoms with Gasteiger partial charge >= 0.3 is 0 Å². The quantitative estimate of drug-likeness (QED) is 0.813. The van der Waals surface area contributed by atoms with E-state index < -0.39 is 0 Å². The Morgan fingerprint density at radius 3 is 2.53 bits per heavy atom. The number of ether oxygens (including phenoxy) is 1. The molecule has 0 saturated carbocycles. The Labute approximate surface area is 118 Å². The van der Waals surface area contributed by atoms with Crippen LogP contribution in [-0.4, -0.2) is 6.10 Å². The second-order valence-corrected chi connectivity index (χ2v) is 4.88. The molecule has 0 amide bonds. The highest BCUT2D eigenvalue weighted by atomic mass is 35.5. The van der Waals surface area contributed by atoms with Gasteiger partial charge in [0.15, 0.2) is 0 Å². The zero-order valence-electron chi connectivity index (χ0n) is 10.9. The fourth-order valence-electron chi connectivity index (χ4n) is 1.84. The molecule has 3 heteroatoms. The number of nitriles is 1. The van der Waals surface area contributed by atoms with Crippen molar-refractivity contribution in [2.75, 3.05) is 0 Å². The highest BCUT2D eigenvalue weighted by Crippen LogP contribution is 2.31. The monoisotopic (exact) mass is 271 g/mol. The lowest BCUT2D eigenvalue weighted by Gasteiger charge is -2.12. The largest absolute Gasteiger partial charge is 0.490 e. The first-order valence-corrected chi connectivity index (χ1v) is 6.45. The molecule has 0 unspecified atom stereocenters. The minimum Gasteiger partial charge on any atom is -0.490 e. The van der Waals surface area contributed by atoms with Crippen molar-refractivity contribution in [3.8, 4) is 22.9 Å². The zero-order chi connectivity index (χ0) is 13.8. The standard InChI is InChI=1S/C16H14ClNO/c1-11(2)19-16-8-7-12(9-13(16)10-18)14-5-3-4-6-15(14)17/h3-9,11H,1-2H3. The third-order valence-electron chi connectivity index (χ3n) is 2.65. The van der Waals surface area contributed by atoms with E-state index in [4.69, 9.17) is 16.3 Å². The third kappa shape index (κ3) is 3.07. The van der Waals surface area contributed by atoms with Gasteiger partial charge in [0, 0.05) is 10.6 Å². The molecule has 0 fully saturated rings. The van der Waals surface area contributed by atoms with Gasteiger partial charge in [0.1, 0.15) is 11.8 Å². The highest BCUT2D eigenvalue weighted by Gasteiger charge is 2.09. The molecule has 2 aromatic carbocycles. The van der Waals surface area contributed by atoms with Gasteiger partial charge in [-0.25, -0.2) is 0 Å². The normalized spacial score (nSPS) is 10.3. The van der Waals surface area contributed by atoms with E-state index in [0.717, 1.165) is 11.1 Å². The first kappa shape index (κ1) is 13.5. The number of halogens is 1. The zero-order valence-corrected chi connectivity index (χ0v) is 11.6. The van der Waals surface area contributed by atoms with Crippen molar-refractivity contribution in [1.82, 2.24) is 0 Å². The number of hydrogen-bond donors (Lipinski definition) is 0. The Morgan fingerprint density at radius 2 is 1.89 bits per heavy atom. The Hall–Kier alpha value is -1.98. The van der Waals surface area contributed by atoms with E-state index in [1.807, 2.05) is 50.2 Å². The summed E-state index contributed by atoms with van der Waals surface area (Å²) in [5.74, 6) is 0.605. The molecular weight excluding hydrogens is 258 g/mol. The van der Waals surface area contributed by atoms with Crippen molar-refractivity contribution in [2.24, 2.45) is 0 Å². The summed E-state index contributed by atoms with van der Waals surface area (Å²) in [6.07, 6.45) is 0.0401. The van der Waals surface area contributed by atoms with E-state index in [1.165, 1.54) is 0 Å². The summed E-state index contributed by atoms with van der Waals surface area (Å²) in [7, 11) is 0. The van der Waals surface area contributed by atoms with Crippen LogP contribution in [0.4, 0.5) is 0 Å². The number of hydrogen-bond acceptors (Lipinski definition) is 2. The van der Waals surface area contributed by atoms with Gasteiger partial charge in [-0.3, -0.25) is 0 Å². The molecule has 0 aliphatic heterocycles. The minimum absolute atomic E-state index is 0.0401. The topological polar surface area (TPSA) is 33.0 Å². The number of benzene rings is 2. The molecule has 0 spiro atoms. The molecule has 96 valence electrons. The van der Waals surface area contributed by atoms with Crippen molar-refractivity contribution in [3.63, 3.8) is 0 Å². The van der Waals surface area contributed by atoms with Crippen LogP contribution in [0.5, 0.6) is 5.75 Å². The molecule has 0 radical (unpaired) electrons. The van der Waals surface area contributed by atoms with E-state index in [-0.39, 0.29) is 6.10 Å². The Bertz CT molecular complexity index is 629. The van der Waals surface area contributed by atoms with Crippen molar-refractivity contribution < 1.29 is 4.74 Å². The summed E-state index contributed by atoms with van der Waals surface area (Å²) < 4.78 is 5.60. The predicted octanol–water partition coefficient (Wildman–Crippen LogP) is 4.67. The maximum absolute atomic E-state index is 9.21. The fraction of sp³-hybridized carbons (Fsp3) is 0.188. The molecular formula is C16H14ClNO. The molecule has 0 heterocycles. The van der Waals surface area contributed by atoms with Gasteiger partial charge < -0.3 is 4.74 Å². The average molecular weight is 272 g/mol. The van der Waals surface area contributed by atoms with E-state index in [2.05, 4.69) is 6.07 Å².